The van der Waals surface area contributed by atoms with Crippen LogP contribution < -0.4 is 0 Å². The Hall–Kier alpha value is -0.780. The summed E-state index contributed by atoms with van der Waals surface area (Å²) >= 11 is 0. The summed E-state index contributed by atoms with van der Waals surface area (Å²) in [4.78, 5) is 0. The van der Waals surface area contributed by atoms with Crippen LogP contribution in [0.4, 0.5) is 0 Å². The highest BCUT2D eigenvalue weighted by molar-refractivity contribution is 5.04. The smallest absolute Gasteiger partial charge is 0.0288 e. The van der Waals surface area contributed by atoms with Crippen LogP contribution in [0, 0.1) is 0 Å². The Balaban J connectivity index is 3.75. The first kappa shape index (κ1) is 14.2. The van der Waals surface area contributed by atoms with Crippen molar-refractivity contribution in [1.29, 1.82) is 0 Å². The molecule has 0 fully saturated rings. The lowest BCUT2D eigenvalue weighted by Crippen LogP contribution is -1.80. The fourth-order valence-electron chi connectivity index (χ4n) is 1.38. The Morgan fingerprint density at radius 1 is 0.800 bits per heavy atom. The van der Waals surface area contributed by atoms with Gasteiger partial charge in [0.05, 0.1) is 0 Å². The summed E-state index contributed by atoms with van der Waals surface area (Å²) in [6, 6.07) is 0. The van der Waals surface area contributed by atoms with Crippen molar-refractivity contribution in [2.75, 3.05) is 0 Å². The molecule has 0 saturated carbocycles. The molecule has 15 heavy (non-hydrogen) atoms. The van der Waals surface area contributed by atoms with Crippen molar-refractivity contribution in [3.8, 4) is 0 Å². The average molecular weight is 206 g/mol. The van der Waals surface area contributed by atoms with Gasteiger partial charge in [0.15, 0.2) is 0 Å². The van der Waals surface area contributed by atoms with Gasteiger partial charge in [0.2, 0.25) is 0 Å². The van der Waals surface area contributed by atoms with E-state index >= 15 is 0 Å². The summed E-state index contributed by atoms with van der Waals surface area (Å²) in [5.41, 5.74) is 4.44. The minimum Gasteiger partial charge on any atom is -0.0887 e. The largest absolute Gasteiger partial charge is 0.0887 e. The Morgan fingerprint density at radius 3 is 1.87 bits per heavy atom. The minimum atomic E-state index is 1.19. The Labute approximate surface area is 95.8 Å². The van der Waals surface area contributed by atoms with Gasteiger partial charge < -0.3 is 0 Å². The lowest BCUT2D eigenvalue weighted by atomic mass is 10.1. The molecule has 0 radical (unpaired) electrons. The van der Waals surface area contributed by atoms with Gasteiger partial charge in [-0.15, -0.1) is 0 Å². The predicted molar refractivity (Wildman–Crippen MR) is 71.1 cm³/mol. The van der Waals surface area contributed by atoms with Gasteiger partial charge in [-0.3, -0.25) is 0 Å². The standard InChI is InChI=1S/C15H26/c1-6-14(4)10-8-12-15(5)11-7-9-13(2)3/h6,9,12H,7-8,10-11H2,1-5H3/b14-6-,15-12+. The predicted octanol–water partition coefficient (Wildman–Crippen LogP) is 5.43. The highest BCUT2D eigenvalue weighted by Gasteiger charge is 1.90. The second-order valence-corrected chi connectivity index (χ2v) is 4.54. The molecule has 0 atom stereocenters. The molecule has 0 unspecified atom stereocenters. The highest BCUT2D eigenvalue weighted by Crippen LogP contribution is 2.10. The maximum Gasteiger partial charge on any atom is -0.0288 e. The number of allylic oxidation sites excluding steroid dienone is 6. The van der Waals surface area contributed by atoms with E-state index in [1.54, 1.807) is 0 Å². The fourth-order valence-corrected chi connectivity index (χ4v) is 1.38. The third-order valence-corrected chi connectivity index (χ3v) is 2.62. The summed E-state index contributed by atoms with van der Waals surface area (Å²) < 4.78 is 0. The summed E-state index contributed by atoms with van der Waals surface area (Å²) in [7, 11) is 0. The van der Waals surface area contributed by atoms with Crippen molar-refractivity contribution < 1.29 is 0 Å². The molecule has 0 aliphatic heterocycles. The van der Waals surface area contributed by atoms with E-state index in [-0.39, 0.29) is 0 Å². The van der Waals surface area contributed by atoms with Gasteiger partial charge in [-0.05, 0) is 60.3 Å². The Morgan fingerprint density at radius 2 is 1.33 bits per heavy atom. The molecule has 0 saturated heterocycles. The van der Waals surface area contributed by atoms with Crippen LogP contribution in [-0.4, -0.2) is 0 Å². The second kappa shape index (κ2) is 8.52. The monoisotopic (exact) mass is 206 g/mol. The average Bonchev–Trinajstić information content (AvgIpc) is 2.17. The first-order valence-corrected chi connectivity index (χ1v) is 5.97. The van der Waals surface area contributed by atoms with Crippen molar-refractivity contribution >= 4 is 0 Å². The van der Waals surface area contributed by atoms with E-state index in [0.717, 1.165) is 0 Å². The molecule has 0 aromatic rings. The van der Waals surface area contributed by atoms with Crippen molar-refractivity contribution in [2.24, 2.45) is 0 Å². The van der Waals surface area contributed by atoms with E-state index in [2.05, 4.69) is 52.8 Å². The first-order valence-electron chi connectivity index (χ1n) is 5.97. The molecule has 0 amide bonds. The second-order valence-electron chi connectivity index (χ2n) is 4.54. The molecule has 0 bridgehead atoms. The van der Waals surface area contributed by atoms with Gasteiger partial charge in [0.1, 0.15) is 0 Å². The highest BCUT2D eigenvalue weighted by atomic mass is 14.0. The van der Waals surface area contributed by atoms with Crippen LogP contribution in [0.1, 0.15) is 60.3 Å². The van der Waals surface area contributed by atoms with Gasteiger partial charge in [-0.25, -0.2) is 0 Å². The third kappa shape index (κ3) is 9.52. The third-order valence-electron chi connectivity index (χ3n) is 2.62. The molecule has 0 N–H and O–H groups in total. The zero-order valence-corrected chi connectivity index (χ0v) is 11.1. The number of hydrogen-bond donors (Lipinski definition) is 0. The van der Waals surface area contributed by atoms with Crippen LogP contribution >= 0.6 is 0 Å². The lowest BCUT2D eigenvalue weighted by Gasteiger charge is -2.00. The molecule has 0 aliphatic carbocycles. The molecule has 0 aliphatic rings. The van der Waals surface area contributed by atoms with Gasteiger partial charge in [-0.1, -0.05) is 34.9 Å². The van der Waals surface area contributed by atoms with E-state index in [1.807, 2.05) is 0 Å². The van der Waals surface area contributed by atoms with Crippen LogP contribution in [0.15, 0.2) is 34.9 Å². The van der Waals surface area contributed by atoms with Crippen LogP contribution in [0.25, 0.3) is 0 Å². The Kier molecular flexibility index (Phi) is 8.08. The van der Waals surface area contributed by atoms with Gasteiger partial charge in [0, 0.05) is 0 Å². The normalized spacial score (nSPS) is 12.9. The van der Waals surface area contributed by atoms with Crippen molar-refractivity contribution in [1.82, 2.24) is 0 Å². The van der Waals surface area contributed by atoms with Crippen LogP contribution in [-0.2, 0) is 0 Å². The molecule has 0 rings (SSSR count). The van der Waals surface area contributed by atoms with Crippen LogP contribution in [0.5, 0.6) is 0 Å². The maximum atomic E-state index is 2.38. The minimum absolute atomic E-state index is 1.19. The topological polar surface area (TPSA) is 0 Å². The molecule has 0 aromatic carbocycles. The van der Waals surface area contributed by atoms with E-state index in [1.165, 1.54) is 42.4 Å². The van der Waals surface area contributed by atoms with Gasteiger partial charge >= 0.3 is 0 Å². The SMILES string of the molecule is C/C=C(/C)CC/C=C(\C)CCC=C(C)C. The van der Waals surface area contributed by atoms with Crippen LogP contribution in [0.3, 0.4) is 0 Å². The molecule has 0 heterocycles. The fraction of sp³-hybridized carbons (Fsp3) is 0.600. The van der Waals surface area contributed by atoms with Gasteiger partial charge in [0.25, 0.3) is 0 Å². The maximum absolute atomic E-state index is 2.38. The zero-order chi connectivity index (χ0) is 11.7. The van der Waals surface area contributed by atoms with Crippen molar-refractivity contribution in [3.63, 3.8) is 0 Å². The van der Waals surface area contributed by atoms with E-state index in [4.69, 9.17) is 0 Å². The lowest BCUT2D eigenvalue weighted by molar-refractivity contribution is 0.917. The molecule has 0 nitrogen and oxygen atoms in total. The quantitative estimate of drug-likeness (QED) is 0.509. The molecular formula is C15H26. The molecule has 0 spiro atoms. The summed E-state index contributed by atoms with van der Waals surface area (Å²) in [6.07, 6.45) is 11.7. The number of rotatable bonds is 6. The summed E-state index contributed by atoms with van der Waals surface area (Å²) in [5.74, 6) is 0. The summed E-state index contributed by atoms with van der Waals surface area (Å²) in [6.45, 7) is 10.9. The molecule has 0 aromatic heterocycles. The Bertz CT molecular complexity index is 247. The molecular weight excluding hydrogens is 180 g/mol. The van der Waals surface area contributed by atoms with Crippen LogP contribution in [0.2, 0.25) is 0 Å². The van der Waals surface area contributed by atoms with E-state index < -0.39 is 0 Å². The van der Waals surface area contributed by atoms with Crippen molar-refractivity contribution in [2.45, 2.75) is 60.3 Å². The summed E-state index contributed by atoms with van der Waals surface area (Å²) in [5, 5.41) is 0. The first-order chi connectivity index (χ1) is 7.06. The van der Waals surface area contributed by atoms with Gasteiger partial charge in [-0.2, -0.15) is 0 Å². The number of hydrogen-bond acceptors (Lipinski definition) is 0. The molecule has 0 heteroatoms. The van der Waals surface area contributed by atoms with Crippen molar-refractivity contribution in [3.05, 3.63) is 34.9 Å². The van der Waals surface area contributed by atoms with E-state index in [0.29, 0.717) is 0 Å². The van der Waals surface area contributed by atoms with E-state index in [9.17, 15) is 0 Å². The zero-order valence-electron chi connectivity index (χ0n) is 11.1. The molecule has 86 valence electrons.